The van der Waals surface area contributed by atoms with Crippen LogP contribution >= 0.6 is 24.0 Å². The number of ether oxygens (including phenoxy) is 1. The summed E-state index contributed by atoms with van der Waals surface area (Å²) in [5.74, 6) is -1.61. The number of hydrogen-bond donors (Lipinski definition) is 2. The largest absolute Gasteiger partial charge is 0.381 e. The molecule has 1 aromatic rings. The molecule has 122 valence electrons. The molecule has 1 saturated carbocycles. The lowest BCUT2D eigenvalue weighted by Gasteiger charge is -2.11. The van der Waals surface area contributed by atoms with Gasteiger partial charge in [0.25, 0.3) is 5.76 Å². The van der Waals surface area contributed by atoms with Gasteiger partial charge in [-0.2, -0.15) is 8.78 Å². The molecule has 22 heavy (non-hydrogen) atoms. The molecule has 2 rings (SSSR count). The Hall–Kier alpha value is -0.920. The van der Waals surface area contributed by atoms with Crippen molar-refractivity contribution in [1.29, 1.82) is 0 Å². The Kier molecular flexibility index (Phi) is 7.35. The fourth-order valence-corrected chi connectivity index (χ4v) is 2.52. The number of benzene rings is 1. The average molecular weight is 346 g/mol. The van der Waals surface area contributed by atoms with Crippen molar-refractivity contribution in [2.45, 2.75) is 29.9 Å². The van der Waals surface area contributed by atoms with Gasteiger partial charge in [0.2, 0.25) is 0 Å². The molecule has 1 fully saturated rings. The molecule has 0 unspecified atom stereocenters. The van der Waals surface area contributed by atoms with Crippen molar-refractivity contribution in [3.8, 4) is 0 Å². The zero-order chi connectivity index (χ0) is 15.8. The third-order valence-electron chi connectivity index (χ3n) is 3.14. The summed E-state index contributed by atoms with van der Waals surface area (Å²) in [7, 11) is 0. The van der Waals surface area contributed by atoms with Gasteiger partial charge < -0.3 is 15.4 Å². The zero-order valence-electron chi connectivity index (χ0n) is 12.2. The topological polar surface area (TPSA) is 33.3 Å². The third-order valence-corrected chi connectivity index (χ3v) is 4.11. The molecule has 0 aromatic heterocycles. The van der Waals surface area contributed by atoms with Gasteiger partial charge in [0, 0.05) is 30.3 Å². The fraction of sp³-hybridized carbons (Fsp3) is 0.533. The Morgan fingerprint density at radius 1 is 1.32 bits per heavy atom. The minimum absolute atomic E-state index is 0.524. The first-order valence-corrected chi connectivity index (χ1v) is 8.60. The summed E-state index contributed by atoms with van der Waals surface area (Å²) in [5.41, 5.74) is 0.779. The molecule has 0 heterocycles. The Morgan fingerprint density at radius 2 is 2.05 bits per heavy atom. The summed E-state index contributed by atoms with van der Waals surface area (Å²) in [5, 5.41) is 6.65. The lowest BCUT2D eigenvalue weighted by Crippen LogP contribution is -2.29. The lowest BCUT2D eigenvalue weighted by atomic mass is 10.3. The van der Waals surface area contributed by atoms with Crippen molar-refractivity contribution in [3.05, 3.63) is 24.3 Å². The van der Waals surface area contributed by atoms with Crippen LogP contribution in [0.1, 0.15) is 19.3 Å². The molecule has 0 aliphatic heterocycles. The number of alkyl halides is 2. The van der Waals surface area contributed by atoms with Gasteiger partial charge in [-0.15, -0.1) is 0 Å². The first-order valence-electron chi connectivity index (χ1n) is 7.31. The Morgan fingerprint density at radius 3 is 2.68 bits per heavy atom. The molecule has 0 atom stereocenters. The number of thiocarbonyl (C=S) groups is 1. The molecule has 1 aliphatic carbocycles. The highest BCUT2D eigenvalue weighted by Gasteiger charge is 2.20. The van der Waals surface area contributed by atoms with E-state index in [-0.39, 0.29) is 0 Å². The van der Waals surface area contributed by atoms with Crippen molar-refractivity contribution in [2.75, 3.05) is 25.1 Å². The SMILES string of the molecule is FC(F)Sc1ccc(NC(=S)NCCCOCC2CC2)cc1. The summed E-state index contributed by atoms with van der Waals surface area (Å²) in [4.78, 5) is 0.534. The second-order valence-electron chi connectivity index (χ2n) is 5.16. The van der Waals surface area contributed by atoms with Gasteiger partial charge in [0.05, 0.1) is 0 Å². The van der Waals surface area contributed by atoms with Crippen molar-refractivity contribution in [1.82, 2.24) is 5.32 Å². The van der Waals surface area contributed by atoms with E-state index in [1.165, 1.54) is 12.8 Å². The van der Waals surface area contributed by atoms with Crippen LogP contribution in [0.3, 0.4) is 0 Å². The third kappa shape index (κ3) is 7.38. The Balaban J connectivity index is 1.57. The van der Waals surface area contributed by atoms with Crippen LogP contribution in [0.25, 0.3) is 0 Å². The number of hydrogen-bond acceptors (Lipinski definition) is 3. The van der Waals surface area contributed by atoms with Gasteiger partial charge in [-0.05, 0) is 61.7 Å². The molecule has 0 spiro atoms. The van der Waals surface area contributed by atoms with E-state index in [1.807, 2.05) is 0 Å². The van der Waals surface area contributed by atoms with Crippen molar-refractivity contribution in [2.24, 2.45) is 5.92 Å². The quantitative estimate of drug-likeness (QED) is 0.400. The van der Waals surface area contributed by atoms with Crippen LogP contribution in [0.4, 0.5) is 14.5 Å². The number of anilines is 1. The van der Waals surface area contributed by atoms with E-state index in [0.29, 0.717) is 21.8 Å². The molecule has 0 bridgehead atoms. The first-order chi connectivity index (χ1) is 10.6. The summed E-state index contributed by atoms with van der Waals surface area (Å²) >= 11 is 5.71. The summed E-state index contributed by atoms with van der Waals surface area (Å²) in [6, 6.07) is 6.76. The number of halogens is 2. The zero-order valence-corrected chi connectivity index (χ0v) is 13.8. The minimum Gasteiger partial charge on any atom is -0.381 e. The standard InChI is InChI=1S/C15H20F2N2OS2/c16-14(17)22-13-6-4-12(5-7-13)19-15(21)18-8-1-9-20-10-11-2-3-11/h4-7,11,14H,1-3,8-10H2,(H2,18,19,21). The number of thioether (sulfide) groups is 1. The molecule has 3 nitrogen and oxygen atoms in total. The minimum atomic E-state index is -2.40. The van der Waals surface area contributed by atoms with Crippen LogP contribution in [0.2, 0.25) is 0 Å². The van der Waals surface area contributed by atoms with Crippen LogP contribution in [0.5, 0.6) is 0 Å². The van der Waals surface area contributed by atoms with Crippen LogP contribution in [-0.4, -0.2) is 30.6 Å². The summed E-state index contributed by atoms with van der Waals surface area (Å²) in [6.07, 6.45) is 3.51. The molecule has 1 aliphatic rings. The van der Waals surface area contributed by atoms with E-state index in [0.717, 1.165) is 37.8 Å². The second kappa shape index (κ2) is 9.27. The maximum absolute atomic E-state index is 12.2. The average Bonchev–Trinajstić information content (AvgIpc) is 3.28. The van der Waals surface area contributed by atoms with Crippen LogP contribution in [0.15, 0.2) is 29.2 Å². The van der Waals surface area contributed by atoms with E-state index < -0.39 is 5.76 Å². The van der Waals surface area contributed by atoms with Crippen LogP contribution in [-0.2, 0) is 4.74 Å². The molecule has 1 aromatic carbocycles. The van der Waals surface area contributed by atoms with Crippen molar-refractivity contribution in [3.63, 3.8) is 0 Å². The maximum atomic E-state index is 12.2. The molecule has 2 N–H and O–H groups in total. The number of rotatable bonds is 9. The van der Waals surface area contributed by atoms with Gasteiger partial charge in [0.15, 0.2) is 5.11 Å². The van der Waals surface area contributed by atoms with E-state index in [4.69, 9.17) is 17.0 Å². The van der Waals surface area contributed by atoms with Gasteiger partial charge in [0.1, 0.15) is 0 Å². The first kappa shape index (κ1) is 17.4. The highest BCUT2D eigenvalue weighted by molar-refractivity contribution is 7.99. The smallest absolute Gasteiger partial charge is 0.288 e. The summed E-state index contributed by atoms with van der Waals surface area (Å²) in [6.45, 7) is 2.37. The predicted molar refractivity (Wildman–Crippen MR) is 90.7 cm³/mol. The molecular formula is C15H20F2N2OS2. The molecular weight excluding hydrogens is 326 g/mol. The lowest BCUT2D eigenvalue weighted by molar-refractivity contribution is 0.123. The predicted octanol–water partition coefficient (Wildman–Crippen LogP) is 4.10. The van der Waals surface area contributed by atoms with E-state index in [2.05, 4.69) is 10.6 Å². The Labute approximate surface area is 139 Å². The fourth-order valence-electron chi connectivity index (χ4n) is 1.81. The highest BCUT2D eigenvalue weighted by atomic mass is 32.2. The Bertz CT molecular complexity index is 467. The number of nitrogens with one attached hydrogen (secondary N) is 2. The van der Waals surface area contributed by atoms with Crippen LogP contribution < -0.4 is 10.6 Å². The van der Waals surface area contributed by atoms with E-state index >= 15 is 0 Å². The molecule has 0 amide bonds. The molecule has 0 saturated heterocycles. The normalized spacial score (nSPS) is 14.1. The van der Waals surface area contributed by atoms with Gasteiger partial charge >= 0.3 is 0 Å². The molecule has 7 heteroatoms. The second-order valence-corrected chi connectivity index (χ2v) is 6.63. The molecule has 0 radical (unpaired) electrons. The monoisotopic (exact) mass is 346 g/mol. The van der Waals surface area contributed by atoms with Crippen molar-refractivity contribution >= 4 is 34.8 Å². The van der Waals surface area contributed by atoms with Gasteiger partial charge in [-0.3, -0.25) is 0 Å². The highest BCUT2D eigenvalue weighted by Crippen LogP contribution is 2.28. The summed E-state index contributed by atoms with van der Waals surface area (Å²) < 4.78 is 30.0. The van der Waals surface area contributed by atoms with Crippen molar-refractivity contribution < 1.29 is 13.5 Å². The van der Waals surface area contributed by atoms with Crippen LogP contribution in [0, 0.1) is 5.92 Å². The van der Waals surface area contributed by atoms with Gasteiger partial charge in [-0.25, -0.2) is 0 Å². The van der Waals surface area contributed by atoms with E-state index in [1.54, 1.807) is 24.3 Å². The van der Waals surface area contributed by atoms with Gasteiger partial charge in [-0.1, -0.05) is 11.8 Å². The van der Waals surface area contributed by atoms with E-state index in [9.17, 15) is 8.78 Å². The maximum Gasteiger partial charge on any atom is 0.288 e.